The molecule has 7 heteroatoms. The quantitative estimate of drug-likeness (QED) is 0.617. The van der Waals surface area contributed by atoms with Crippen molar-refractivity contribution in [1.82, 2.24) is 5.16 Å². The molecule has 1 aliphatic heterocycles. The van der Waals surface area contributed by atoms with Crippen LogP contribution in [0.5, 0.6) is 5.75 Å². The van der Waals surface area contributed by atoms with Crippen molar-refractivity contribution in [2.45, 2.75) is 19.8 Å². The SMILES string of the molecule is COc1ccc2c(c1)CCCN2C(=O)c1c(-c2c(F)cccc2Cl)noc1C. The summed E-state index contributed by atoms with van der Waals surface area (Å²) in [5, 5.41) is 4.11. The van der Waals surface area contributed by atoms with Crippen LogP contribution in [0.2, 0.25) is 5.02 Å². The van der Waals surface area contributed by atoms with Crippen molar-refractivity contribution in [3.8, 4) is 17.0 Å². The number of anilines is 1. The second-order valence-corrected chi connectivity index (χ2v) is 7.02. The largest absolute Gasteiger partial charge is 0.497 e. The average molecular weight is 401 g/mol. The minimum Gasteiger partial charge on any atom is -0.497 e. The summed E-state index contributed by atoms with van der Waals surface area (Å²) >= 11 is 6.19. The molecule has 1 aromatic heterocycles. The molecule has 4 rings (SSSR count). The Hall–Kier alpha value is -2.86. The summed E-state index contributed by atoms with van der Waals surface area (Å²) in [6.45, 7) is 2.19. The normalized spacial score (nSPS) is 13.4. The first-order valence-corrected chi connectivity index (χ1v) is 9.28. The van der Waals surface area contributed by atoms with Gasteiger partial charge in [0.2, 0.25) is 0 Å². The number of hydrogen-bond acceptors (Lipinski definition) is 4. The van der Waals surface area contributed by atoms with Gasteiger partial charge in [-0.1, -0.05) is 22.8 Å². The number of aryl methyl sites for hydroxylation is 2. The molecule has 0 saturated heterocycles. The molecular weight excluding hydrogens is 383 g/mol. The lowest BCUT2D eigenvalue weighted by Gasteiger charge is -2.29. The molecule has 0 N–H and O–H groups in total. The molecule has 0 bridgehead atoms. The third kappa shape index (κ3) is 3.03. The van der Waals surface area contributed by atoms with E-state index in [9.17, 15) is 9.18 Å². The predicted molar refractivity (Wildman–Crippen MR) is 105 cm³/mol. The van der Waals surface area contributed by atoms with Crippen molar-refractivity contribution in [1.29, 1.82) is 0 Å². The van der Waals surface area contributed by atoms with Gasteiger partial charge in [0, 0.05) is 12.2 Å². The fourth-order valence-electron chi connectivity index (χ4n) is 3.57. The van der Waals surface area contributed by atoms with Crippen LogP contribution < -0.4 is 9.64 Å². The summed E-state index contributed by atoms with van der Waals surface area (Å²) in [6.07, 6.45) is 1.66. The predicted octanol–water partition coefficient (Wildman–Crippen LogP) is 5.04. The minimum atomic E-state index is -0.557. The lowest BCUT2D eigenvalue weighted by atomic mass is 9.99. The molecular formula is C21H18ClFN2O3. The first-order valence-electron chi connectivity index (χ1n) is 8.90. The minimum absolute atomic E-state index is 0.0660. The van der Waals surface area contributed by atoms with Crippen LogP contribution >= 0.6 is 11.6 Å². The third-order valence-electron chi connectivity index (χ3n) is 4.93. The average Bonchev–Trinajstić information content (AvgIpc) is 3.07. The van der Waals surface area contributed by atoms with Gasteiger partial charge in [-0.2, -0.15) is 0 Å². The van der Waals surface area contributed by atoms with Gasteiger partial charge in [0.05, 0.1) is 17.7 Å². The van der Waals surface area contributed by atoms with Crippen molar-refractivity contribution in [3.63, 3.8) is 0 Å². The number of carbonyl (C=O) groups excluding carboxylic acids is 1. The Morgan fingerprint density at radius 2 is 2.14 bits per heavy atom. The Labute approximate surface area is 166 Å². The number of rotatable bonds is 3. The van der Waals surface area contributed by atoms with Gasteiger partial charge < -0.3 is 14.2 Å². The Balaban J connectivity index is 1.80. The van der Waals surface area contributed by atoms with Crippen molar-refractivity contribution in [3.05, 3.63) is 64.1 Å². The van der Waals surface area contributed by atoms with E-state index >= 15 is 0 Å². The maximum atomic E-state index is 14.4. The van der Waals surface area contributed by atoms with Crippen LogP contribution in [0.15, 0.2) is 40.9 Å². The molecule has 0 atom stereocenters. The van der Waals surface area contributed by atoms with E-state index in [1.54, 1.807) is 25.0 Å². The molecule has 0 radical (unpaired) electrons. The van der Waals surface area contributed by atoms with Crippen LogP contribution in [0.25, 0.3) is 11.3 Å². The topological polar surface area (TPSA) is 55.6 Å². The Kier molecular flexibility index (Phi) is 4.81. The number of nitrogens with zero attached hydrogens (tertiary/aromatic N) is 2. The molecule has 0 fully saturated rings. The number of hydrogen-bond donors (Lipinski definition) is 0. The summed E-state index contributed by atoms with van der Waals surface area (Å²) in [5.41, 5.74) is 2.24. The highest BCUT2D eigenvalue weighted by atomic mass is 35.5. The maximum Gasteiger partial charge on any atom is 0.264 e. The molecule has 28 heavy (non-hydrogen) atoms. The fourth-order valence-corrected chi connectivity index (χ4v) is 3.82. The number of methoxy groups -OCH3 is 1. The zero-order valence-electron chi connectivity index (χ0n) is 15.5. The number of carbonyl (C=O) groups is 1. The summed E-state index contributed by atoms with van der Waals surface area (Å²) < 4.78 is 25.0. The second kappa shape index (κ2) is 7.28. The van der Waals surface area contributed by atoms with Gasteiger partial charge in [0.1, 0.15) is 28.6 Å². The Morgan fingerprint density at radius 1 is 1.32 bits per heavy atom. The van der Waals surface area contributed by atoms with Crippen molar-refractivity contribution in [2.24, 2.45) is 0 Å². The zero-order valence-corrected chi connectivity index (χ0v) is 16.2. The van der Waals surface area contributed by atoms with Crippen LogP contribution in [-0.2, 0) is 6.42 Å². The van der Waals surface area contributed by atoms with E-state index in [0.29, 0.717) is 12.3 Å². The number of aromatic nitrogens is 1. The van der Waals surface area contributed by atoms with Crippen LogP contribution in [0, 0.1) is 12.7 Å². The molecule has 2 aromatic carbocycles. The van der Waals surface area contributed by atoms with Crippen molar-refractivity contribution < 1.29 is 18.4 Å². The van der Waals surface area contributed by atoms with E-state index in [4.69, 9.17) is 20.9 Å². The summed E-state index contributed by atoms with van der Waals surface area (Å²) in [7, 11) is 1.61. The van der Waals surface area contributed by atoms with Gasteiger partial charge in [-0.3, -0.25) is 4.79 Å². The lowest BCUT2D eigenvalue weighted by molar-refractivity contribution is 0.0984. The van der Waals surface area contributed by atoms with Gasteiger partial charge in [-0.25, -0.2) is 4.39 Å². The molecule has 0 saturated carbocycles. The molecule has 0 aliphatic carbocycles. The molecule has 0 spiro atoms. The molecule has 3 aromatic rings. The van der Waals surface area contributed by atoms with Crippen LogP contribution in [0.3, 0.4) is 0 Å². The highest BCUT2D eigenvalue weighted by Gasteiger charge is 2.31. The molecule has 1 aliphatic rings. The van der Waals surface area contributed by atoms with Gasteiger partial charge in [0.25, 0.3) is 5.91 Å². The van der Waals surface area contributed by atoms with E-state index in [0.717, 1.165) is 29.8 Å². The summed E-state index contributed by atoms with van der Waals surface area (Å²) in [5.74, 6) is 0.214. The highest BCUT2D eigenvalue weighted by molar-refractivity contribution is 6.33. The third-order valence-corrected chi connectivity index (χ3v) is 5.24. The Bertz CT molecular complexity index is 1040. The second-order valence-electron chi connectivity index (χ2n) is 6.61. The Morgan fingerprint density at radius 3 is 2.89 bits per heavy atom. The number of benzene rings is 2. The smallest absolute Gasteiger partial charge is 0.264 e. The number of ether oxygens (including phenoxy) is 1. The van der Waals surface area contributed by atoms with E-state index < -0.39 is 5.82 Å². The maximum absolute atomic E-state index is 14.4. The fraction of sp³-hybridized carbons (Fsp3) is 0.238. The monoisotopic (exact) mass is 400 g/mol. The van der Waals surface area contributed by atoms with Gasteiger partial charge in [0.15, 0.2) is 0 Å². The molecule has 2 heterocycles. The molecule has 0 unspecified atom stereocenters. The molecule has 1 amide bonds. The van der Waals surface area contributed by atoms with Crippen LogP contribution in [0.1, 0.15) is 28.1 Å². The highest BCUT2D eigenvalue weighted by Crippen LogP contribution is 2.37. The van der Waals surface area contributed by atoms with Gasteiger partial charge in [-0.15, -0.1) is 0 Å². The summed E-state index contributed by atoms with van der Waals surface area (Å²) in [4.78, 5) is 15.1. The van der Waals surface area contributed by atoms with E-state index in [-0.39, 0.29) is 27.8 Å². The van der Waals surface area contributed by atoms with E-state index in [1.807, 2.05) is 18.2 Å². The van der Waals surface area contributed by atoms with Gasteiger partial charge in [-0.05, 0) is 55.7 Å². The summed E-state index contributed by atoms with van der Waals surface area (Å²) in [6, 6.07) is 9.96. The van der Waals surface area contributed by atoms with Gasteiger partial charge >= 0.3 is 0 Å². The molecule has 5 nitrogen and oxygen atoms in total. The van der Waals surface area contributed by atoms with Crippen molar-refractivity contribution in [2.75, 3.05) is 18.6 Å². The first-order chi connectivity index (χ1) is 13.5. The van der Waals surface area contributed by atoms with E-state index in [2.05, 4.69) is 5.16 Å². The number of halogens is 2. The van der Waals surface area contributed by atoms with Crippen LogP contribution in [0.4, 0.5) is 10.1 Å². The number of amides is 1. The molecule has 144 valence electrons. The zero-order chi connectivity index (χ0) is 19.8. The standard InChI is InChI=1S/C21H18ClFN2O3/c1-12-18(20(24-28-12)19-15(22)6-3-7-16(19)23)21(26)25-10-4-5-13-11-14(27-2)8-9-17(13)25/h3,6-9,11H,4-5,10H2,1-2H3. The lowest BCUT2D eigenvalue weighted by Crippen LogP contribution is -2.36. The first kappa shape index (κ1) is 18.5. The van der Waals surface area contributed by atoms with Crippen molar-refractivity contribution >= 4 is 23.2 Å². The van der Waals surface area contributed by atoms with Crippen LogP contribution in [-0.4, -0.2) is 24.7 Å². The number of fused-ring (bicyclic) bond motifs is 1. The van der Waals surface area contributed by atoms with E-state index in [1.165, 1.54) is 12.1 Å².